The van der Waals surface area contributed by atoms with Crippen LogP contribution in [0.4, 0.5) is 15.8 Å². The first-order chi connectivity index (χ1) is 16.7. The van der Waals surface area contributed by atoms with E-state index >= 15 is 0 Å². The Kier molecular flexibility index (Phi) is 9.26. The number of anilines is 2. The van der Waals surface area contributed by atoms with Crippen molar-refractivity contribution in [3.05, 3.63) is 59.4 Å². The predicted octanol–water partition coefficient (Wildman–Crippen LogP) is 2.23. The molecule has 11 heteroatoms. The van der Waals surface area contributed by atoms with E-state index in [4.69, 9.17) is 25.8 Å². The van der Waals surface area contributed by atoms with Gasteiger partial charge >= 0.3 is 0 Å². The van der Waals surface area contributed by atoms with Gasteiger partial charge in [-0.2, -0.15) is 0 Å². The molecule has 2 atom stereocenters. The SMILES string of the molecule is CC(=O)O.CC(C)(C)c1ccc(N2CCO[C@H]([C@@H](O)C(=O)Nc3ccc(C(=N)N)cc3F)C2=O)cc1. The lowest BCUT2D eigenvalue weighted by Crippen LogP contribution is -2.55. The molecular weight excluding hydrogens is 471 g/mol. The number of hydrogen-bond donors (Lipinski definition) is 5. The summed E-state index contributed by atoms with van der Waals surface area (Å²) in [4.78, 5) is 35.9. The van der Waals surface area contributed by atoms with Gasteiger partial charge in [0.15, 0.2) is 12.2 Å². The Morgan fingerprint density at radius 3 is 2.31 bits per heavy atom. The van der Waals surface area contributed by atoms with Gasteiger partial charge in [0.25, 0.3) is 17.8 Å². The number of rotatable bonds is 5. The number of morpholine rings is 1. The summed E-state index contributed by atoms with van der Waals surface area (Å²) in [6, 6.07) is 11.1. The number of ether oxygens (including phenoxy) is 1. The van der Waals surface area contributed by atoms with Crippen LogP contribution in [-0.2, 0) is 24.5 Å². The minimum Gasteiger partial charge on any atom is -0.481 e. The van der Waals surface area contributed by atoms with Crippen molar-refractivity contribution in [3.63, 3.8) is 0 Å². The lowest BCUT2D eigenvalue weighted by atomic mass is 9.87. The number of carboxylic acid groups (broad SMARTS) is 1. The summed E-state index contributed by atoms with van der Waals surface area (Å²) >= 11 is 0. The standard InChI is InChI=1S/C23H27FN4O4.C2H4O2/c1-23(2,3)14-5-7-15(8-6-14)28-10-11-32-19(22(28)31)18(29)21(30)27-17-9-4-13(20(25)26)12-16(17)24;1-2(3)4/h4-9,12,18-19,29H,10-11H2,1-3H3,(H3,25,26)(H,27,30);1H3,(H,3,4)/t18-,19-;/m1./s1. The van der Waals surface area contributed by atoms with E-state index in [0.29, 0.717) is 5.69 Å². The average molecular weight is 503 g/mol. The maximum atomic E-state index is 14.2. The second kappa shape index (κ2) is 11.7. The number of amides is 2. The van der Waals surface area contributed by atoms with E-state index in [1.165, 1.54) is 17.0 Å². The molecule has 0 aromatic heterocycles. The molecule has 2 aromatic rings. The highest BCUT2D eigenvalue weighted by molar-refractivity contribution is 6.04. The van der Waals surface area contributed by atoms with E-state index in [2.05, 4.69) is 26.1 Å². The summed E-state index contributed by atoms with van der Waals surface area (Å²) in [6.07, 6.45) is -3.27. The first kappa shape index (κ1) is 28.4. The number of benzene rings is 2. The zero-order valence-electron chi connectivity index (χ0n) is 20.5. The molecule has 2 amide bonds. The third-order valence-corrected chi connectivity index (χ3v) is 5.26. The molecular formula is C25H31FN4O6. The molecule has 0 radical (unpaired) electrons. The zero-order chi connectivity index (χ0) is 27.2. The molecule has 3 rings (SSSR count). The lowest BCUT2D eigenvalue weighted by molar-refractivity contribution is -0.150. The number of nitrogens with zero attached hydrogens (tertiary/aromatic N) is 1. The van der Waals surface area contributed by atoms with Crippen LogP contribution in [0, 0.1) is 11.2 Å². The number of carbonyl (C=O) groups is 3. The molecule has 0 bridgehead atoms. The van der Waals surface area contributed by atoms with Crippen molar-refractivity contribution in [3.8, 4) is 0 Å². The second-order valence-corrected chi connectivity index (χ2v) is 9.14. The fourth-order valence-electron chi connectivity index (χ4n) is 3.36. The van der Waals surface area contributed by atoms with E-state index in [9.17, 15) is 19.1 Å². The summed E-state index contributed by atoms with van der Waals surface area (Å²) in [7, 11) is 0. The quantitative estimate of drug-likeness (QED) is 0.309. The maximum absolute atomic E-state index is 14.2. The van der Waals surface area contributed by atoms with Crippen LogP contribution in [0.25, 0.3) is 0 Å². The highest BCUT2D eigenvalue weighted by Crippen LogP contribution is 2.27. The van der Waals surface area contributed by atoms with Gasteiger partial charge in [0.1, 0.15) is 11.7 Å². The van der Waals surface area contributed by atoms with Crippen LogP contribution in [0.5, 0.6) is 0 Å². The van der Waals surface area contributed by atoms with Crippen LogP contribution >= 0.6 is 0 Å². The number of amidine groups is 1. The molecule has 1 aliphatic rings. The first-order valence-corrected chi connectivity index (χ1v) is 11.1. The summed E-state index contributed by atoms with van der Waals surface area (Å²) < 4.78 is 19.6. The van der Waals surface area contributed by atoms with E-state index < -0.39 is 35.8 Å². The number of aliphatic hydroxyl groups excluding tert-OH is 1. The number of halogens is 1. The van der Waals surface area contributed by atoms with Gasteiger partial charge in [-0.15, -0.1) is 0 Å². The van der Waals surface area contributed by atoms with Crippen LogP contribution < -0.4 is 16.0 Å². The molecule has 10 nitrogen and oxygen atoms in total. The van der Waals surface area contributed by atoms with Crippen molar-refractivity contribution >= 4 is 35.0 Å². The Hall–Kier alpha value is -3.83. The number of nitrogens with two attached hydrogens (primary N) is 1. The zero-order valence-corrected chi connectivity index (χ0v) is 20.5. The Labute approximate surface area is 208 Å². The molecule has 36 heavy (non-hydrogen) atoms. The summed E-state index contributed by atoms with van der Waals surface area (Å²) in [6.45, 7) is 7.75. The Morgan fingerprint density at radius 2 is 1.81 bits per heavy atom. The van der Waals surface area contributed by atoms with Crippen molar-refractivity contribution in [2.24, 2.45) is 5.73 Å². The Balaban J connectivity index is 0.00000106. The summed E-state index contributed by atoms with van der Waals surface area (Å²) in [5, 5.41) is 27.5. The molecule has 1 saturated heterocycles. The van der Waals surface area contributed by atoms with Gasteiger partial charge in [0, 0.05) is 24.7 Å². The molecule has 1 fully saturated rings. The molecule has 0 saturated carbocycles. The van der Waals surface area contributed by atoms with Crippen LogP contribution in [-0.4, -0.2) is 59.2 Å². The highest BCUT2D eigenvalue weighted by atomic mass is 19.1. The number of nitrogen functional groups attached to an aromatic ring is 1. The van der Waals surface area contributed by atoms with Crippen molar-refractivity contribution in [2.45, 2.75) is 45.3 Å². The molecule has 0 unspecified atom stereocenters. The fourth-order valence-corrected chi connectivity index (χ4v) is 3.36. The fraction of sp³-hybridized carbons (Fsp3) is 0.360. The number of carbonyl (C=O) groups excluding carboxylic acids is 2. The molecule has 194 valence electrons. The third-order valence-electron chi connectivity index (χ3n) is 5.26. The molecule has 0 aliphatic carbocycles. The average Bonchev–Trinajstić information content (AvgIpc) is 2.79. The van der Waals surface area contributed by atoms with E-state index in [1.54, 1.807) is 0 Å². The lowest BCUT2D eigenvalue weighted by Gasteiger charge is -2.34. The number of hydrogen-bond acceptors (Lipinski definition) is 6. The van der Waals surface area contributed by atoms with Gasteiger partial charge < -0.3 is 30.9 Å². The summed E-state index contributed by atoms with van der Waals surface area (Å²) in [5.41, 5.74) is 6.96. The van der Waals surface area contributed by atoms with E-state index in [0.717, 1.165) is 18.6 Å². The number of aliphatic carboxylic acids is 1. The smallest absolute Gasteiger partial charge is 0.300 e. The minimum absolute atomic E-state index is 0.0394. The topological polar surface area (TPSA) is 166 Å². The van der Waals surface area contributed by atoms with Crippen molar-refractivity contribution in [1.82, 2.24) is 0 Å². The normalized spacial score (nSPS) is 16.4. The Morgan fingerprint density at radius 1 is 1.22 bits per heavy atom. The monoisotopic (exact) mass is 502 g/mol. The number of nitrogens with one attached hydrogen (secondary N) is 2. The molecule has 6 N–H and O–H groups in total. The van der Waals surface area contributed by atoms with Crippen molar-refractivity contribution < 1.29 is 33.7 Å². The first-order valence-electron chi connectivity index (χ1n) is 11.1. The predicted molar refractivity (Wildman–Crippen MR) is 133 cm³/mol. The number of aliphatic hydroxyl groups is 1. The third kappa shape index (κ3) is 7.33. The van der Waals surface area contributed by atoms with Crippen LogP contribution in [0.2, 0.25) is 0 Å². The van der Waals surface area contributed by atoms with E-state index in [-0.39, 0.29) is 35.7 Å². The molecule has 2 aromatic carbocycles. The van der Waals surface area contributed by atoms with Gasteiger partial charge in [-0.1, -0.05) is 32.9 Å². The molecule has 0 spiro atoms. The van der Waals surface area contributed by atoms with Crippen molar-refractivity contribution in [2.75, 3.05) is 23.4 Å². The largest absolute Gasteiger partial charge is 0.481 e. The second-order valence-electron chi connectivity index (χ2n) is 9.14. The summed E-state index contributed by atoms with van der Waals surface area (Å²) in [5.74, 6) is -3.52. The van der Waals surface area contributed by atoms with Gasteiger partial charge in [-0.3, -0.25) is 19.8 Å². The van der Waals surface area contributed by atoms with Gasteiger partial charge in [-0.25, -0.2) is 4.39 Å². The number of carboxylic acids is 1. The van der Waals surface area contributed by atoms with E-state index in [1.807, 2.05) is 24.3 Å². The van der Waals surface area contributed by atoms with Gasteiger partial charge in [0.05, 0.1) is 12.3 Å². The van der Waals surface area contributed by atoms with Gasteiger partial charge in [-0.05, 0) is 41.3 Å². The maximum Gasteiger partial charge on any atom is 0.300 e. The minimum atomic E-state index is -1.84. The molecule has 1 heterocycles. The van der Waals surface area contributed by atoms with Crippen LogP contribution in [0.3, 0.4) is 0 Å². The van der Waals surface area contributed by atoms with Crippen LogP contribution in [0.1, 0.15) is 38.8 Å². The molecule has 1 aliphatic heterocycles. The highest BCUT2D eigenvalue weighted by Gasteiger charge is 2.39. The van der Waals surface area contributed by atoms with Crippen molar-refractivity contribution in [1.29, 1.82) is 5.41 Å². The van der Waals surface area contributed by atoms with Crippen LogP contribution in [0.15, 0.2) is 42.5 Å². The van der Waals surface area contributed by atoms with Gasteiger partial charge in [0.2, 0.25) is 0 Å². The Bertz CT molecular complexity index is 1130.